The van der Waals surface area contributed by atoms with Gasteiger partial charge < -0.3 is 14.8 Å². The molecule has 0 amide bonds. The predicted molar refractivity (Wildman–Crippen MR) is 89.4 cm³/mol. The summed E-state index contributed by atoms with van der Waals surface area (Å²) in [5, 5.41) is 3.08. The normalized spacial score (nSPS) is 10.3. The number of halogens is 2. The highest BCUT2D eigenvalue weighted by Gasteiger charge is 2.11. The lowest BCUT2D eigenvalue weighted by Crippen LogP contribution is -2.04. The molecule has 7 heteroatoms. The minimum Gasteiger partial charge on any atom is -0.496 e. The molecule has 2 rings (SSSR count). The van der Waals surface area contributed by atoms with E-state index in [2.05, 4.69) is 47.1 Å². The number of methoxy groups -OCH3 is 1. The summed E-state index contributed by atoms with van der Waals surface area (Å²) in [6.45, 7) is 4.64. The van der Waals surface area contributed by atoms with Gasteiger partial charge in [0.1, 0.15) is 11.5 Å². The van der Waals surface area contributed by atoms with E-state index < -0.39 is 0 Å². The number of ether oxygens (including phenoxy) is 2. The quantitative estimate of drug-likeness (QED) is 0.775. The molecule has 0 atom stereocenters. The Morgan fingerprint density at radius 3 is 2.43 bits per heavy atom. The molecule has 1 heterocycles. The van der Waals surface area contributed by atoms with Gasteiger partial charge in [0.25, 0.3) is 0 Å². The van der Waals surface area contributed by atoms with Crippen molar-refractivity contribution >= 4 is 37.8 Å². The van der Waals surface area contributed by atoms with E-state index in [4.69, 9.17) is 9.47 Å². The smallest absolute Gasteiger partial charge is 0.226 e. The fourth-order valence-corrected chi connectivity index (χ4v) is 2.57. The van der Waals surface area contributed by atoms with Gasteiger partial charge in [0.05, 0.1) is 16.1 Å². The van der Waals surface area contributed by atoms with Gasteiger partial charge in [0, 0.05) is 18.3 Å². The van der Waals surface area contributed by atoms with Crippen LogP contribution in [-0.4, -0.2) is 23.6 Å². The second kappa shape index (κ2) is 7.09. The Hall–Kier alpha value is -1.34. The SMILES string of the molecule is CCNc1nc(C)cc(Oc2cc(Br)c(OC)cc2Br)n1. The van der Waals surface area contributed by atoms with Crippen molar-refractivity contribution in [2.24, 2.45) is 0 Å². The second-order valence-electron chi connectivity index (χ2n) is 4.22. The number of nitrogens with one attached hydrogen (secondary N) is 1. The van der Waals surface area contributed by atoms with E-state index >= 15 is 0 Å². The van der Waals surface area contributed by atoms with Crippen LogP contribution in [0.2, 0.25) is 0 Å². The van der Waals surface area contributed by atoms with E-state index in [-0.39, 0.29) is 0 Å². The summed E-state index contributed by atoms with van der Waals surface area (Å²) in [4.78, 5) is 8.61. The van der Waals surface area contributed by atoms with Gasteiger partial charge >= 0.3 is 0 Å². The molecular weight excluding hydrogens is 402 g/mol. The zero-order valence-electron chi connectivity index (χ0n) is 11.9. The molecule has 0 aliphatic carbocycles. The van der Waals surface area contributed by atoms with Crippen LogP contribution in [0.15, 0.2) is 27.1 Å². The first-order valence-corrected chi connectivity index (χ1v) is 7.92. The summed E-state index contributed by atoms with van der Waals surface area (Å²) in [6, 6.07) is 5.44. The maximum absolute atomic E-state index is 5.83. The van der Waals surface area contributed by atoms with Crippen LogP contribution < -0.4 is 14.8 Å². The standard InChI is InChI=1S/C14H15Br2N3O2/c1-4-17-14-18-8(2)5-13(19-14)21-12-7-9(15)11(20-3)6-10(12)16/h5-7H,4H2,1-3H3,(H,17,18,19). The average molecular weight is 417 g/mol. The van der Waals surface area contributed by atoms with Crippen LogP contribution in [-0.2, 0) is 0 Å². The first-order valence-electron chi connectivity index (χ1n) is 6.34. The summed E-state index contributed by atoms with van der Waals surface area (Å²) >= 11 is 6.90. The number of benzene rings is 1. The van der Waals surface area contributed by atoms with Gasteiger partial charge in [-0.05, 0) is 57.8 Å². The van der Waals surface area contributed by atoms with Gasteiger partial charge in [0.15, 0.2) is 0 Å². The van der Waals surface area contributed by atoms with Crippen molar-refractivity contribution in [2.45, 2.75) is 13.8 Å². The van der Waals surface area contributed by atoms with Crippen LogP contribution in [0.5, 0.6) is 17.4 Å². The van der Waals surface area contributed by atoms with Crippen molar-refractivity contribution in [3.05, 3.63) is 32.8 Å². The molecular formula is C14H15Br2N3O2. The number of aromatic nitrogens is 2. The van der Waals surface area contributed by atoms with Crippen LogP contribution in [0.3, 0.4) is 0 Å². The maximum atomic E-state index is 5.83. The maximum Gasteiger partial charge on any atom is 0.226 e. The number of rotatable bonds is 5. The second-order valence-corrected chi connectivity index (χ2v) is 5.93. The number of hydrogen-bond donors (Lipinski definition) is 1. The molecule has 0 radical (unpaired) electrons. The van der Waals surface area contributed by atoms with E-state index in [0.717, 1.165) is 26.9 Å². The monoisotopic (exact) mass is 415 g/mol. The van der Waals surface area contributed by atoms with Crippen LogP contribution in [0, 0.1) is 6.92 Å². The van der Waals surface area contributed by atoms with Crippen LogP contribution in [0.25, 0.3) is 0 Å². The summed E-state index contributed by atoms with van der Waals surface area (Å²) < 4.78 is 12.7. The van der Waals surface area contributed by atoms with E-state index in [1.165, 1.54) is 0 Å². The lowest BCUT2D eigenvalue weighted by Gasteiger charge is -2.11. The summed E-state index contributed by atoms with van der Waals surface area (Å²) in [7, 11) is 1.61. The molecule has 1 aromatic carbocycles. The summed E-state index contributed by atoms with van der Waals surface area (Å²) in [5.41, 5.74) is 0.833. The summed E-state index contributed by atoms with van der Waals surface area (Å²) in [5.74, 6) is 2.40. The fraction of sp³-hybridized carbons (Fsp3) is 0.286. The van der Waals surface area contributed by atoms with Crippen molar-refractivity contribution in [1.82, 2.24) is 9.97 Å². The van der Waals surface area contributed by atoms with E-state index in [9.17, 15) is 0 Å². The van der Waals surface area contributed by atoms with Gasteiger partial charge in [-0.2, -0.15) is 4.98 Å². The van der Waals surface area contributed by atoms with E-state index in [1.54, 1.807) is 13.2 Å². The molecule has 0 unspecified atom stereocenters. The van der Waals surface area contributed by atoms with Gasteiger partial charge in [-0.25, -0.2) is 4.98 Å². The Bertz CT molecular complexity index is 650. The van der Waals surface area contributed by atoms with Crippen molar-refractivity contribution in [3.8, 4) is 17.4 Å². The zero-order valence-corrected chi connectivity index (χ0v) is 15.1. The van der Waals surface area contributed by atoms with Crippen molar-refractivity contribution < 1.29 is 9.47 Å². The molecule has 2 aromatic rings. The molecule has 112 valence electrons. The Kier molecular flexibility index (Phi) is 5.41. The molecule has 21 heavy (non-hydrogen) atoms. The number of nitrogens with zero attached hydrogens (tertiary/aromatic N) is 2. The third kappa shape index (κ3) is 4.07. The first-order chi connectivity index (χ1) is 10.0. The molecule has 1 N–H and O–H groups in total. The van der Waals surface area contributed by atoms with Crippen molar-refractivity contribution in [2.75, 3.05) is 19.0 Å². The molecule has 0 saturated carbocycles. The highest BCUT2D eigenvalue weighted by Crippen LogP contribution is 2.37. The molecule has 0 bridgehead atoms. The Balaban J connectivity index is 2.31. The number of anilines is 1. The average Bonchev–Trinajstić information content (AvgIpc) is 2.42. The number of aryl methyl sites for hydroxylation is 1. The van der Waals surface area contributed by atoms with Gasteiger partial charge in [-0.3, -0.25) is 0 Å². The Morgan fingerprint density at radius 2 is 1.76 bits per heavy atom. The largest absolute Gasteiger partial charge is 0.496 e. The van der Waals surface area contributed by atoms with Gasteiger partial charge in [-0.15, -0.1) is 0 Å². The third-order valence-corrected chi connectivity index (χ3v) is 3.83. The lowest BCUT2D eigenvalue weighted by atomic mass is 10.3. The molecule has 0 saturated heterocycles. The summed E-state index contributed by atoms with van der Waals surface area (Å²) in [6.07, 6.45) is 0. The van der Waals surface area contributed by atoms with Gasteiger partial charge in [-0.1, -0.05) is 0 Å². The van der Waals surface area contributed by atoms with Crippen molar-refractivity contribution in [3.63, 3.8) is 0 Å². The minimum atomic E-state index is 0.483. The number of hydrogen-bond acceptors (Lipinski definition) is 5. The molecule has 0 fully saturated rings. The fourth-order valence-electron chi connectivity index (χ4n) is 1.69. The molecule has 0 aliphatic rings. The minimum absolute atomic E-state index is 0.483. The first kappa shape index (κ1) is 16.0. The predicted octanol–water partition coefficient (Wildman–Crippen LogP) is 4.54. The molecule has 1 aromatic heterocycles. The highest BCUT2D eigenvalue weighted by atomic mass is 79.9. The Morgan fingerprint density at radius 1 is 1.10 bits per heavy atom. The topological polar surface area (TPSA) is 56.3 Å². The van der Waals surface area contributed by atoms with E-state index in [0.29, 0.717) is 17.6 Å². The van der Waals surface area contributed by atoms with Crippen LogP contribution in [0.1, 0.15) is 12.6 Å². The highest BCUT2D eigenvalue weighted by molar-refractivity contribution is 9.11. The third-order valence-electron chi connectivity index (χ3n) is 2.59. The Labute approximate surface area is 140 Å². The molecule has 0 spiro atoms. The van der Waals surface area contributed by atoms with Gasteiger partial charge in [0.2, 0.25) is 11.8 Å². The van der Waals surface area contributed by atoms with Crippen LogP contribution in [0.4, 0.5) is 5.95 Å². The van der Waals surface area contributed by atoms with Crippen LogP contribution >= 0.6 is 31.9 Å². The van der Waals surface area contributed by atoms with Crippen molar-refractivity contribution in [1.29, 1.82) is 0 Å². The molecule has 5 nitrogen and oxygen atoms in total. The zero-order chi connectivity index (χ0) is 15.4. The lowest BCUT2D eigenvalue weighted by molar-refractivity contribution is 0.408. The van der Waals surface area contributed by atoms with E-state index in [1.807, 2.05) is 26.0 Å². The molecule has 0 aliphatic heterocycles.